The molecule has 0 N–H and O–H groups in total. The SMILES string of the molecule is CC(C)N1C=C(F)c2ccccc2C1. The van der Waals surface area contributed by atoms with Crippen LogP contribution < -0.4 is 0 Å². The third-order valence-electron chi connectivity index (χ3n) is 2.57. The minimum Gasteiger partial charge on any atom is -0.368 e. The van der Waals surface area contributed by atoms with Gasteiger partial charge in [-0.2, -0.15) is 0 Å². The fourth-order valence-electron chi connectivity index (χ4n) is 1.68. The second kappa shape index (κ2) is 3.45. The Balaban J connectivity index is 2.39. The summed E-state index contributed by atoms with van der Waals surface area (Å²) >= 11 is 0. The van der Waals surface area contributed by atoms with Crippen LogP contribution in [0.15, 0.2) is 30.5 Å². The first-order chi connectivity index (χ1) is 6.68. The molecule has 0 spiro atoms. The molecule has 2 rings (SSSR count). The minimum atomic E-state index is -0.124. The maximum atomic E-state index is 13.6. The predicted molar refractivity (Wildman–Crippen MR) is 56.2 cm³/mol. The average molecular weight is 191 g/mol. The van der Waals surface area contributed by atoms with E-state index < -0.39 is 0 Å². The van der Waals surface area contributed by atoms with E-state index in [-0.39, 0.29) is 5.83 Å². The maximum Gasteiger partial charge on any atom is 0.146 e. The van der Waals surface area contributed by atoms with Crippen LogP contribution in [0.25, 0.3) is 5.83 Å². The second-order valence-corrected chi connectivity index (χ2v) is 3.90. The molecule has 1 aliphatic rings. The number of rotatable bonds is 1. The number of nitrogens with zero attached hydrogens (tertiary/aromatic N) is 1. The molecule has 1 aromatic carbocycles. The fraction of sp³-hybridized carbons (Fsp3) is 0.333. The number of hydrogen-bond donors (Lipinski definition) is 0. The lowest BCUT2D eigenvalue weighted by Crippen LogP contribution is -2.27. The van der Waals surface area contributed by atoms with Crippen LogP contribution in [0, 0.1) is 0 Å². The molecule has 0 aromatic heterocycles. The molecule has 2 heteroatoms. The molecule has 0 radical (unpaired) electrons. The molecule has 0 bridgehead atoms. The Morgan fingerprint density at radius 3 is 2.71 bits per heavy atom. The van der Waals surface area contributed by atoms with Gasteiger partial charge < -0.3 is 4.90 Å². The first-order valence-electron chi connectivity index (χ1n) is 4.90. The first-order valence-corrected chi connectivity index (χ1v) is 4.90. The van der Waals surface area contributed by atoms with Gasteiger partial charge in [0.1, 0.15) is 5.83 Å². The lowest BCUT2D eigenvalue weighted by molar-refractivity contribution is 0.296. The fourth-order valence-corrected chi connectivity index (χ4v) is 1.68. The van der Waals surface area contributed by atoms with E-state index in [2.05, 4.69) is 13.8 Å². The minimum absolute atomic E-state index is 0.124. The van der Waals surface area contributed by atoms with Gasteiger partial charge >= 0.3 is 0 Å². The highest BCUT2D eigenvalue weighted by atomic mass is 19.1. The summed E-state index contributed by atoms with van der Waals surface area (Å²) in [5.41, 5.74) is 1.81. The Hall–Kier alpha value is -1.31. The zero-order valence-electron chi connectivity index (χ0n) is 8.50. The zero-order chi connectivity index (χ0) is 10.1. The zero-order valence-corrected chi connectivity index (χ0v) is 8.50. The van der Waals surface area contributed by atoms with E-state index in [1.54, 1.807) is 6.20 Å². The normalized spacial score (nSPS) is 15.4. The highest BCUT2D eigenvalue weighted by molar-refractivity contribution is 5.63. The van der Waals surface area contributed by atoms with Gasteiger partial charge in [0, 0.05) is 24.4 Å². The van der Waals surface area contributed by atoms with Crippen molar-refractivity contribution < 1.29 is 4.39 Å². The van der Waals surface area contributed by atoms with Crippen molar-refractivity contribution in [3.63, 3.8) is 0 Å². The van der Waals surface area contributed by atoms with Crippen LogP contribution in [-0.2, 0) is 6.54 Å². The molecule has 0 saturated heterocycles. The molecular weight excluding hydrogens is 177 g/mol. The molecule has 1 nitrogen and oxygen atoms in total. The van der Waals surface area contributed by atoms with Crippen LogP contribution >= 0.6 is 0 Å². The van der Waals surface area contributed by atoms with Gasteiger partial charge in [0.05, 0.1) is 0 Å². The summed E-state index contributed by atoms with van der Waals surface area (Å²) in [7, 11) is 0. The lowest BCUT2D eigenvalue weighted by atomic mass is 10.0. The van der Waals surface area contributed by atoms with Crippen LogP contribution in [0.5, 0.6) is 0 Å². The molecule has 1 heterocycles. The first kappa shape index (κ1) is 9.25. The molecule has 14 heavy (non-hydrogen) atoms. The Kier molecular flexibility index (Phi) is 2.28. The van der Waals surface area contributed by atoms with Gasteiger partial charge in [0.15, 0.2) is 0 Å². The number of benzene rings is 1. The van der Waals surface area contributed by atoms with Gasteiger partial charge in [0.2, 0.25) is 0 Å². The van der Waals surface area contributed by atoms with Gasteiger partial charge in [-0.1, -0.05) is 24.3 Å². The van der Waals surface area contributed by atoms with Crippen molar-refractivity contribution >= 4 is 5.83 Å². The lowest BCUT2D eigenvalue weighted by Gasteiger charge is -2.29. The van der Waals surface area contributed by atoms with E-state index in [0.29, 0.717) is 6.04 Å². The molecular formula is C12H14FN. The summed E-state index contributed by atoms with van der Waals surface area (Å²) in [5, 5.41) is 0. The summed E-state index contributed by atoms with van der Waals surface area (Å²) in [4.78, 5) is 2.01. The summed E-state index contributed by atoms with van der Waals surface area (Å²) < 4.78 is 13.6. The summed E-state index contributed by atoms with van der Waals surface area (Å²) in [6.07, 6.45) is 1.60. The molecule has 0 saturated carbocycles. The third-order valence-corrected chi connectivity index (χ3v) is 2.57. The van der Waals surface area contributed by atoms with E-state index in [1.165, 1.54) is 0 Å². The smallest absolute Gasteiger partial charge is 0.146 e. The molecule has 0 atom stereocenters. The Labute approximate surface area is 83.9 Å². The molecule has 74 valence electrons. The van der Waals surface area contributed by atoms with Crippen molar-refractivity contribution in [2.75, 3.05) is 0 Å². The summed E-state index contributed by atoms with van der Waals surface area (Å²) in [6, 6.07) is 7.98. The van der Waals surface area contributed by atoms with E-state index in [4.69, 9.17) is 0 Å². The molecule has 0 fully saturated rings. The van der Waals surface area contributed by atoms with Gasteiger partial charge in [0.25, 0.3) is 0 Å². The van der Waals surface area contributed by atoms with Gasteiger partial charge in [-0.3, -0.25) is 0 Å². The molecule has 1 aromatic rings. The monoisotopic (exact) mass is 191 g/mol. The van der Waals surface area contributed by atoms with Crippen LogP contribution in [0.4, 0.5) is 4.39 Å². The van der Waals surface area contributed by atoms with Crippen molar-refractivity contribution in [3.8, 4) is 0 Å². The predicted octanol–water partition coefficient (Wildman–Crippen LogP) is 3.18. The van der Waals surface area contributed by atoms with E-state index in [1.807, 2.05) is 29.2 Å². The molecule has 0 unspecified atom stereocenters. The van der Waals surface area contributed by atoms with E-state index >= 15 is 0 Å². The second-order valence-electron chi connectivity index (χ2n) is 3.90. The van der Waals surface area contributed by atoms with Crippen LogP contribution in [0.2, 0.25) is 0 Å². The van der Waals surface area contributed by atoms with Crippen LogP contribution in [0.3, 0.4) is 0 Å². The van der Waals surface area contributed by atoms with Crippen molar-refractivity contribution in [1.82, 2.24) is 4.90 Å². The topological polar surface area (TPSA) is 3.24 Å². The van der Waals surface area contributed by atoms with Crippen LogP contribution in [0.1, 0.15) is 25.0 Å². The van der Waals surface area contributed by atoms with Crippen molar-refractivity contribution in [1.29, 1.82) is 0 Å². The third kappa shape index (κ3) is 1.52. The van der Waals surface area contributed by atoms with E-state index in [9.17, 15) is 4.39 Å². The Bertz CT molecular complexity index is 368. The largest absolute Gasteiger partial charge is 0.368 e. The maximum absolute atomic E-state index is 13.6. The average Bonchev–Trinajstić information content (AvgIpc) is 2.17. The number of hydrogen-bond acceptors (Lipinski definition) is 1. The van der Waals surface area contributed by atoms with Crippen molar-refractivity contribution in [2.45, 2.75) is 26.4 Å². The Morgan fingerprint density at radius 1 is 1.29 bits per heavy atom. The molecule has 1 aliphatic heterocycles. The Morgan fingerprint density at radius 2 is 2.00 bits per heavy atom. The van der Waals surface area contributed by atoms with Gasteiger partial charge in [-0.15, -0.1) is 0 Å². The van der Waals surface area contributed by atoms with E-state index in [0.717, 1.165) is 17.7 Å². The quantitative estimate of drug-likeness (QED) is 0.659. The standard InChI is InChI=1S/C12H14FN/c1-9(2)14-7-10-5-3-4-6-11(10)12(13)8-14/h3-6,8-9H,7H2,1-2H3. The highest BCUT2D eigenvalue weighted by Crippen LogP contribution is 2.28. The van der Waals surface area contributed by atoms with Gasteiger partial charge in [-0.05, 0) is 19.4 Å². The highest BCUT2D eigenvalue weighted by Gasteiger charge is 2.17. The van der Waals surface area contributed by atoms with Crippen LogP contribution in [-0.4, -0.2) is 10.9 Å². The van der Waals surface area contributed by atoms with Crippen molar-refractivity contribution in [3.05, 3.63) is 41.6 Å². The van der Waals surface area contributed by atoms with Crippen molar-refractivity contribution in [2.24, 2.45) is 0 Å². The van der Waals surface area contributed by atoms with Gasteiger partial charge in [-0.25, -0.2) is 4.39 Å². The summed E-state index contributed by atoms with van der Waals surface area (Å²) in [6.45, 7) is 4.94. The number of fused-ring (bicyclic) bond motifs is 1. The summed E-state index contributed by atoms with van der Waals surface area (Å²) in [5.74, 6) is -0.124. The molecule has 0 aliphatic carbocycles. The molecule has 0 amide bonds. The number of halogens is 1.